The number of aromatic nitrogens is 1. The Balaban J connectivity index is 2.01. The summed E-state index contributed by atoms with van der Waals surface area (Å²) in [7, 11) is 0. The molecule has 0 aliphatic carbocycles. The molecule has 1 aromatic heterocycles. The molecule has 0 amide bonds. The van der Waals surface area contributed by atoms with Gasteiger partial charge in [0.15, 0.2) is 0 Å². The lowest BCUT2D eigenvalue weighted by Crippen LogP contribution is -2.22. The van der Waals surface area contributed by atoms with Crippen LogP contribution in [0.5, 0.6) is 5.88 Å². The first-order valence-electron chi connectivity index (χ1n) is 6.51. The molecule has 1 aromatic carbocycles. The Morgan fingerprint density at radius 2 is 2.06 bits per heavy atom. The molecule has 3 nitrogen and oxygen atoms in total. The van der Waals surface area contributed by atoms with Crippen LogP contribution in [-0.4, -0.2) is 24.7 Å². The highest BCUT2D eigenvalue weighted by Crippen LogP contribution is 2.20. The van der Waals surface area contributed by atoms with Crippen LogP contribution >= 0.6 is 0 Å². The van der Waals surface area contributed by atoms with Crippen LogP contribution in [0.15, 0.2) is 30.3 Å². The van der Waals surface area contributed by atoms with E-state index in [2.05, 4.69) is 29.4 Å². The molecule has 2 aromatic rings. The van der Waals surface area contributed by atoms with Gasteiger partial charge in [-0.15, -0.1) is 0 Å². The lowest BCUT2D eigenvalue weighted by molar-refractivity contribution is 0.301. The Hall–Kier alpha value is -1.61. The van der Waals surface area contributed by atoms with Crippen LogP contribution < -0.4 is 10.1 Å². The van der Waals surface area contributed by atoms with E-state index in [1.54, 1.807) is 0 Å². The highest BCUT2D eigenvalue weighted by molar-refractivity contribution is 5.79. The largest absolute Gasteiger partial charge is 0.476 e. The molecule has 0 aliphatic heterocycles. The van der Waals surface area contributed by atoms with E-state index in [0.717, 1.165) is 41.9 Å². The highest BCUT2D eigenvalue weighted by Gasteiger charge is 2.03. The van der Waals surface area contributed by atoms with Gasteiger partial charge in [0, 0.05) is 17.5 Å². The monoisotopic (exact) mass is 244 g/mol. The van der Waals surface area contributed by atoms with Gasteiger partial charge in [0.1, 0.15) is 6.61 Å². The molecule has 0 fully saturated rings. The van der Waals surface area contributed by atoms with Crippen molar-refractivity contribution < 1.29 is 4.74 Å². The molecule has 1 heterocycles. The minimum absolute atomic E-state index is 0.659. The Kier molecular flexibility index (Phi) is 4.53. The number of pyridine rings is 1. The number of hydrogen-bond acceptors (Lipinski definition) is 3. The van der Waals surface area contributed by atoms with Crippen LogP contribution in [0, 0.1) is 6.92 Å². The van der Waals surface area contributed by atoms with Crippen molar-refractivity contribution in [2.45, 2.75) is 20.3 Å². The van der Waals surface area contributed by atoms with E-state index in [9.17, 15) is 0 Å². The second-order valence-electron chi connectivity index (χ2n) is 4.40. The number of nitrogens with one attached hydrogen (secondary N) is 1. The smallest absolute Gasteiger partial charge is 0.216 e. The summed E-state index contributed by atoms with van der Waals surface area (Å²) in [5.41, 5.74) is 2.07. The molecular formula is C15H20N2O. The van der Waals surface area contributed by atoms with E-state index in [1.807, 2.05) is 25.1 Å². The second kappa shape index (κ2) is 6.36. The normalized spacial score (nSPS) is 10.8. The molecule has 0 aliphatic rings. The molecule has 96 valence electrons. The van der Waals surface area contributed by atoms with Crippen LogP contribution in [0.4, 0.5) is 0 Å². The molecule has 18 heavy (non-hydrogen) atoms. The average Bonchev–Trinajstić information content (AvgIpc) is 2.39. The first-order chi connectivity index (χ1) is 8.81. The minimum atomic E-state index is 0.659. The van der Waals surface area contributed by atoms with Crippen LogP contribution in [0.1, 0.15) is 18.9 Å². The standard InChI is InChI=1S/C15H20N2O/c1-3-8-16-9-10-18-15-12(2)11-13-6-4-5-7-14(13)17-15/h4-7,11,16H,3,8-10H2,1-2H3. The maximum absolute atomic E-state index is 5.72. The zero-order chi connectivity index (χ0) is 12.8. The van der Waals surface area contributed by atoms with Crippen LogP contribution in [0.2, 0.25) is 0 Å². The number of aryl methyl sites for hydroxylation is 1. The van der Waals surface area contributed by atoms with E-state index < -0.39 is 0 Å². The van der Waals surface area contributed by atoms with Gasteiger partial charge in [0.05, 0.1) is 5.52 Å². The van der Waals surface area contributed by atoms with E-state index >= 15 is 0 Å². The SMILES string of the molecule is CCCNCCOc1nc2ccccc2cc1C. The summed E-state index contributed by atoms with van der Waals surface area (Å²) in [4.78, 5) is 4.54. The summed E-state index contributed by atoms with van der Waals surface area (Å²) >= 11 is 0. The Morgan fingerprint density at radius 1 is 1.22 bits per heavy atom. The fourth-order valence-corrected chi connectivity index (χ4v) is 1.87. The van der Waals surface area contributed by atoms with Gasteiger partial charge >= 0.3 is 0 Å². The predicted octanol–water partition coefficient (Wildman–Crippen LogP) is 2.92. The topological polar surface area (TPSA) is 34.1 Å². The molecule has 1 N–H and O–H groups in total. The number of nitrogens with zero attached hydrogens (tertiary/aromatic N) is 1. The highest BCUT2D eigenvalue weighted by atomic mass is 16.5. The summed E-state index contributed by atoms with van der Waals surface area (Å²) in [5.74, 6) is 0.743. The zero-order valence-electron chi connectivity index (χ0n) is 11.1. The number of ether oxygens (including phenoxy) is 1. The van der Waals surface area contributed by atoms with E-state index in [0.29, 0.717) is 6.61 Å². The quantitative estimate of drug-likeness (QED) is 0.793. The molecule has 0 atom stereocenters. The summed E-state index contributed by atoms with van der Waals surface area (Å²) in [6, 6.07) is 10.2. The molecule has 2 rings (SSSR count). The van der Waals surface area contributed by atoms with Gasteiger partial charge in [-0.3, -0.25) is 0 Å². The van der Waals surface area contributed by atoms with Gasteiger partial charge in [-0.05, 0) is 32.0 Å². The van der Waals surface area contributed by atoms with Crippen molar-refractivity contribution in [1.29, 1.82) is 0 Å². The minimum Gasteiger partial charge on any atom is -0.476 e. The maximum atomic E-state index is 5.72. The molecule has 0 unspecified atom stereocenters. The molecule has 0 saturated heterocycles. The number of hydrogen-bond donors (Lipinski definition) is 1. The third kappa shape index (κ3) is 3.20. The second-order valence-corrected chi connectivity index (χ2v) is 4.40. The van der Waals surface area contributed by atoms with Gasteiger partial charge in [-0.2, -0.15) is 0 Å². The lowest BCUT2D eigenvalue weighted by Gasteiger charge is -2.09. The van der Waals surface area contributed by atoms with E-state index in [1.165, 1.54) is 0 Å². The number of para-hydroxylation sites is 1. The van der Waals surface area contributed by atoms with E-state index in [4.69, 9.17) is 4.74 Å². The number of benzene rings is 1. The number of rotatable bonds is 6. The summed E-state index contributed by atoms with van der Waals surface area (Å²) in [6.45, 7) is 6.75. The van der Waals surface area contributed by atoms with Crippen molar-refractivity contribution in [3.63, 3.8) is 0 Å². The van der Waals surface area contributed by atoms with Gasteiger partial charge < -0.3 is 10.1 Å². The van der Waals surface area contributed by atoms with E-state index in [-0.39, 0.29) is 0 Å². The zero-order valence-corrected chi connectivity index (χ0v) is 11.1. The van der Waals surface area contributed by atoms with Crippen molar-refractivity contribution in [3.05, 3.63) is 35.9 Å². The molecule has 0 saturated carbocycles. The Bertz CT molecular complexity index is 511. The van der Waals surface area contributed by atoms with Crippen molar-refractivity contribution in [1.82, 2.24) is 10.3 Å². The van der Waals surface area contributed by atoms with Crippen molar-refractivity contribution in [3.8, 4) is 5.88 Å². The Morgan fingerprint density at radius 3 is 2.89 bits per heavy atom. The molecule has 0 radical (unpaired) electrons. The molecule has 3 heteroatoms. The summed E-state index contributed by atoms with van der Waals surface area (Å²) in [5, 5.41) is 4.47. The van der Waals surface area contributed by atoms with Gasteiger partial charge in [0.25, 0.3) is 0 Å². The van der Waals surface area contributed by atoms with Crippen LogP contribution in [0.3, 0.4) is 0 Å². The lowest BCUT2D eigenvalue weighted by atomic mass is 10.2. The fourth-order valence-electron chi connectivity index (χ4n) is 1.87. The number of fused-ring (bicyclic) bond motifs is 1. The third-order valence-corrected chi connectivity index (χ3v) is 2.81. The molecule has 0 spiro atoms. The van der Waals surface area contributed by atoms with Crippen molar-refractivity contribution in [2.75, 3.05) is 19.7 Å². The summed E-state index contributed by atoms with van der Waals surface area (Å²) < 4.78 is 5.72. The molecule has 0 bridgehead atoms. The van der Waals surface area contributed by atoms with Crippen LogP contribution in [0.25, 0.3) is 10.9 Å². The first kappa shape index (κ1) is 12.8. The Labute approximate surface area is 108 Å². The van der Waals surface area contributed by atoms with Crippen molar-refractivity contribution >= 4 is 10.9 Å². The van der Waals surface area contributed by atoms with Crippen LogP contribution in [-0.2, 0) is 0 Å². The third-order valence-electron chi connectivity index (χ3n) is 2.81. The molecular weight excluding hydrogens is 224 g/mol. The van der Waals surface area contributed by atoms with Gasteiger partial charge in [-0.25, -0.2) is 4.98 Å². The predicted molar refractivity (Wildman–Crippen MR) is 75.1 cm³/mol. The summed E-state index contributed by atoms with van der Waals surface area (Å²) in [6.07, 6.45) is 1.15. The fraction of sp³-hybridized carbons (Fsp3) is 0.400. The maximum Gasteiger partial charge on any atom is 0.216 e. The van der Waals surface area contributed by atoms with Crippen molar-refractivity contribution in [2.24, 2.45) is 0 Å². The first-order valence-corrected chi connectivity index (χ1v) is 6.51. The average molecular weight is 244 g/mol. The van der Waals surface area contributed by atoms with Gasteiger partial charge in [0.2, 0.25) is 5.88 Å². The van der Waals surface area contributed by atoms with Gasteiger partial charge in [-0.1, -0.05) is 25.1 Å².